The molecule has 0 aliphatic rings. The molecule has 1 atom stereocenters. The van der Waals surface area contributed by atoms with Gasteiger partial charge >= 0.3 is 5.97 Å². The topological polar surface area (TPSA) is 89.7 Å². The Morgan fingerprint density at radius 1 is 1.35 bits per heavy atom. The average Bonchev–Trinajstić information content (AvgIpc) is 2.69. The van der Waals surface area contributed by atoms with Gasteiger partial charge in [0.1, 0.15) is 23.2 Å². The minimum atomic E-state index is -0.872. The quantitative estimate of drug-likeness (QED) is 0.594. The number of esters is 1. The molecule has 7 nitrogen and oxygen atoms in total. The molecule has 1 rings (SSSR count). The fraction of sp³-hybridized carbons (Fsp3) is 0.538. The van der Waals surface area contributed by atoms with E-state index in [4.69, 9.17) is 4.52 Å². The molecular formula is C13H18N2O5. The smallest absolute Gasteiger partial charge is 0.328 e. The monoisotopic (exact) mass is 282 g/mol. The SMILES string of the molecule is COC(=O)C(C)N(C(=O)CC(C)=O)c1c(C)noc1C. The summed E-state index contributed by atoms with van der Waals surface area (Å²) in [5.74, 6) is -0.967. The van der Waals surface area contributed by atoms with Gasteiger partial charge in [-0.25, -0.2) is 4.79 Å². The molecule has 1 aromatic rings. The highest BCUT2D eigenvalue weighted by Gasteiger charge is 2.32. The number of carbonyl (C=O) groups excluding carboxylic acids is 3. The molecule has 0 aliphatic carbocycles. The lowest BCUT2D eigenvalue weighted by atomic mass is 10.1. The molecule has 0 bridgehead atoms. The fourth-order valence-corrected chi connectivity index (χ4v) is 1.93. The second-order valence-corrected chi connectivity index (χ2v) is 4.51. The van der Waals surface area contributed by atoms with Gasteiger partial charge in [0.05, 0.1) is 13.5 Å². The Morgan fingerprint density at radius 2 is 1.95 bits per heavy atom. The van der Waals surface area contributed by atoms with Gasteiger partial charge in [-0.05, 0) is 27.7 Å². The van der Waals surface area contributed by atoms with Crippen molar-refractivity contribution in [2.75, 3.05) is 12.0 Å². The van der Waals surface area contributed by atoms with Gasteiger partial charge in [-0.15, -0.1) is 0 Å². The molecule has 0 spiro atoms. The van der Waals surface area contributed by atoms with E-state index in [0.717, 1.165) is 0 Å². The highest BCUT2D eigenvalue weighted by Crippen LogP contribution is 2.27. The van der Waals surface area contributed by atoms with Crippen LogP contribution < -0.4 is 4.90 Å². The number of aromatic nitrogens is 1. The highest BCUT2D eigenvalue weighted by atomic mass is 16.5. The minimum Gasteiger partial charge on any atom is -0.467 e. The van der Waals surface area contributed by atoms with Gasteiger partial charge in [-0.3, -0.25) is 14.5 Å². The molecule has 1 unspecified atom stereocenters. The van der Waals surface area contributed by atoms with E-state index in [9.17, 15) is 14.4 Å². The van der Waals surface area contributed by atoms with Gasteiger partial charge < -0.3 is 9.26 Å². The Balaban J connectivity index is 3.24. The number of hydrogen-bond acceptors (Lipinski definition) is 6. The van der Waals surface area contributed by atoms with Crippen molar-refractivity contribution in [3.63, 3.8) is 0 Å². The van der Waals surface area contributed by atoms with Crippen molar-refractivity contribution in [1.82, 2.24) is 5.16 Å². The number of Topliss-reactive ketones (excluding diaryl/α,β-unsaturated/α-hetero) is 1. The van der Waals surface area contributed by atoms with Gasteiger partial charge in [0.15, 0.2) is 5.76 Å². The molecular weight excluding hydrogens is 264 g/mol. The lowest BCUT2D eigenvalue weighted by Gasteiger charge is -2.26. The van der Waals surface area contributed by atoms with Crippen molar-refractivity contribution in [3.05, 3.63) is 11.5 Å². The van der Waals surface area contributed by atoms with Gasteiger partial charge in [0.25, 0.3) is 0 Å². The number of carbonyl (C=O) groups is 3. The summed E-state index contributed by atoms with van der Waals surface area (Å²) in [5, 5.41) is 3.76. The van der Waals surface area contributed by atoms with E-state index in [0.29, 0.717) is 17.1 Å². The van der Waals surface area contributed by atoms with Crippen molar-refractivity contribution < 1.29 is 23.6 Å². The number of nitrogens with zero attached hydrogens (tertiary/aromatic N) is 2. The van der Waals surface area contributed by atoms with Crippen LogP contribution in [0.25, 0.3) is 0 Å². The third kappa shape index (κ3) is 3.23. The molecule has 110 valence electrons. The number of rotatable bonds is 5. The number of ketones is 1. The maximum absolute atomic E-state index is 12.2. The number of hydrogen-bond donors (Lipinski definition) is 0. The van der Waals surface area contributed by atoms with Crippen molar-refractivity contribution in [2.24, 2.45) is 0 Å². The van der Waals surface area contributed by atoms with Crippen LogP contribution in [0.5, 0.6) is 0 Å². The standard InChI is InChI=1S/C13H18N2O5/c1-7(16)6-11(17)15(9(3)13(18)19-5)12-8(2)14-20-10(12)4/h9H,6H2,1-5H3. The maximum Gasteiger partial charge on any atom is 0.328 e. The zero-order valence-electron chi connectivity index (χ0n) is 12.2. The van der Waals surface area contributed by atoms with Gasteiger partial charge in [-0.2, -0.15) is 0 Å². The average molecular weight is 282 g/mol. The fourth-order valence-electron chi connectivity index (χ4n) is 1.93. The van der Waals surface area contributed by atoms with Crippen LogP contribution in [0.2, 0.25) is 0 Å². The first kappa shape index (κ1) is 15.9. The molecule has 0 saturated heterocycles. The van der Waals surface area contributed by atoms with Crippen molar-refractivity contribution in [3.8, 4) is 0 Å². The third-order valence-electron chi connectivity index (χ3n) is 2.84. The van der Waals surface area contributed by atoms with Crippen LogP contribution in [0.3, 0.4) is 0 Å². The van der Waals surface area contributed by atoms with Crippen LogP contribution in [0.4, 0.5) is 5.69 Å². The first-order valence-corrected chi connectivity index (χ1v) is 6.11. The predicted octanol–water partition coefficient (Wildman–Crippen LogP) is 1.17. The molecule has 20 heavy (non-hydrogen) atoms. The summed E-state index contributed by atoms with van der Waals surface area (Å²) in [5.41, 5.74) is 0.865. The van der Waals surface area contributed by atoms with Gasteiger partial charge in [-0.1, -0.05) is 5.16 Å². The number of ether oxygens (including phenoxy) is 1. The van der Waals surface area contributed by atoms with E-state index >= 15 is 0 Å². The Morgan fingerprint density at radius 3 is 2.35 bits per heavy atom. The summed E-state index contributed by atoms with van der Waals surface area (Å²) in [4.78, 5) is 36.3. The van der Waals surface area contributed by atoms with Crippen molar-refractivity contribution in [2.45, 2.75) is 40.2 Å². The molecule has 0 fully saturated rings. The number of anilines is 1. The zero-order chi connectivity index (χ0) is 15.4. The highest BCUT2D eigenvalue weighted by molar-refractivity contribution is 6.08. The van der Waals surface area contributed by atoms with E-state index in [1.807, 2.05) is 0 Å². The first-order chi connectivity index (χ1) is 9.29. The van der Waals surface area contributed by atoms with Crippen LogP contribution in [-0.4, -0.2) is 36.0 Å². The summed E-state index contributed by atoms with van der Waals surface area (Å²) < 4.78 is 9.67. The summed E-state index contributed by atoms with van der Waals surface area (Å²) >= 11 is 0. The van der Waals surface area contributed by atoms with Gasteiger partial charge in [0, 0.05) is 0 Å². The van der Waals surface area contributed by atoms with Crippen molar-refractivity contribution >= 4 is 23.3 Å². The Kier molecular flexibility index (Phi) is 5.01. The lowest BCUT2D eigenvalue weighted by molar-refractivity contribution is -0.143. The van der Waals surface area contributed by atoms with E-state index in [2.05, 4.69) is 9.89 Å². The Labute approximate surface area is 116 Å². The molecule has 1 amide bonds. The molecule has 7 heteroatoms. The molecule has 0 aromatic carbocycles. The first-order valence-electron chi connectivity index (χ1n) is 6.11. The van der Waals surface area contributed by atoms with Gasteiger partial charge in [0.2, 0.25) is 5.91 Å². The lowest BCUT2D eigenvalue weighted by Crippen LogP contribution is -2.45. The zero-order valence-corrected chi connectivity index (χ0v) is 12.2. The number of methoxy groups -OCH3 is 1. The van der Waals surface area contributed by atoms with Crippen molar-refractivity contribution in [1.29, 1.82) is 0 Å². The molecule has 0 radical (unpaired) electrons. The molecule has 0 aliphatic heterocycles. The summed E-state index contributed by atoms with van der Waals surface area (Å²) in [6.07, 6.45) is -0.300. The Hall–Kier alpha value is -2.18. The van der Waals surface area contributed by atoms with Crippen LogP contribution in [0, 0.1) is 13.8 Å². The summed E-state index contributed by atoms with van der Waals surface area (Å²) in [6, 6.07) is -0.872. The van der Waals surface area contributed by atoms with E-state index in [-0.39, 0.29) is 12.2 Å². The minimum absolute atomic E-state index is 0.288. The summed E-state index contributed by atoms with van der Waals surface area (Å²) in [7, 11) is 1.24. The number of amides is 1. The van der Waals surface area contributed by atoms with Crippen LogP contribution in [0.15, 0.2) is 4.52 Å². The molecule has 1 aromatic heterocycles. The van der Waals surface area contributed by atoms with Crippen LogP contribution >= 0.6 is 0 Å². The van der Waals surface area contributed by atoms with E-state index < -0.39 is 17.9 Å². The molecule has 1 heterocycles. The van der Waals surface area contributed by atoms with Crippen LogP contribution in [0.1, 0.15) is 31.7 Å². The van der Waals surface area contributed by atoms with Crippen LogP contribution in [-0.2, 0) is 19.1 Å². The largest absolute Gasteiger partial charge is 0.467 e. The molecule has 0 saturated carbocycles. The second-order valence-electron chi connectivity index (χ2n) is 4.51. The summed E-state index contributed by atoms with van der Waals surface area (Å²) in [6.45, 7) is 6.12. The maximum atomic E-state index is 12.2. The number of aryl methyl sites for hydroxylation is 2. The molecule has 0 N–H and O–H groups in total. The third-order valence-corrected chi connectivity index (χ3v) is 2.84. The Bertz CT molecular complexity index is 515. The van der Waals surface area contributed by atoms with E-state index in [1.54, 1.807) is 13.8 Å². The second kappa shape index (κ2) is 6.31. The normalized spacial score (nSPS) is 11.8. The van der Waals surface area contributed by atoms with E-state index in [1.165, 1.54) is 25.9 Å². The predicted molar refractivity (Wildman–Crippen MR) is 70.2 cm³/mol.